The lowest BCUT2D eigenvalue weighted by molar-refractivity contribution is -0.152. The number of carboxylic acids is 1. The van der Waals surface area contributed by atoms with E-state index in [1.54, 1.807) is 28.8 Å². The Labute approximate surface area is 210 Å². The summed E-state index contributed by atoms with van der Waals surface area (Å²) in [5.41, 5.74) is -4.21. The Morgan fingerprint density at radius 2 is 1.64 bits per heavy atom. The third-order valence-corrected chi connectivity index (χ3v) is 6.22. The second-order valence-corrected chi connectivity index (χ2v) is 9.85. The Bertz CT molecular complexity index is 1230. The standard InChI is InChI=1S/C25H28F3N3O4S/c1-4-30-21(7-5-6-17-8-12-19(13-9-17)35-24(2,3)22(32)33)29-31(23(30)34)16-18-10-14-20(15-11-18)36-25(26,27)28/h8-15H,4-7,16H2,1-3H3,(H,32,33). The first kappa shape index (κ1) is 27.4. The van der Waals surface area contributed by atoms with E-state index in [0.717, 1.165) is 18.4 Å². The van der Waals surface area contributed by atoms with E-state index in [0.29, 0.717) is 30.1 Å². The van der Waals surface area contributed by atoms with E-state index in [2.05, 4.69) is 5.10 Å². The largest absolute Gasteiger partial charge is 0.478 e. The third-order valence-electron chi connectivity index (χ3n) is 5.48. The average molecular weight is 524 g/mol. The van der Waals surface area contributed by atoms with Gasteiger partial charge in [0.1, 0.15) is 11.6 Å². The van der Waals surface area contributed by atoms with Crippen LogP contribution in [-0.2, 0) is 30.7 Å². The molecule has 194 valence electrons. The molecule has 0 radical (unpaired) electrons. The van der Waals surface area contributed by atoms with Gasteiger partial charge in [0.2, 0.25) is 0 Å². The van der Waals surface area contributed by atoms with Gasteiger partial charge in [0.15, 0.2) is 5.60 Å². The van der Waals surface area contributed by atoms with Crippen molar-refractivity contribution in [3.8, 4) is 5.75 Å². The number of aliphatic carboxylic acids is 1. The predicted molar refractivity (Wildman–Crippen MR) is 130 cm³/mol. The van der Waals surface area contributed by atoms with Gasteiger partial charge in [0.25, 0.3) is 0 Å². The van der Waals surface area contributed by atoms with Gasteiger partial charge in [0, 0.05) is 17.9 Å². The minimum atomic E-state index is -4.35. The summed E-state index contributed by atoms with van der Waals surface area (Å²) >= 11 is -0.178. The first-order valence-corrected chi connectivity index (χ1v) is 12.2. The van der Waals surface area contributed by atoms with Crippen molar-refractivity contribution >= 4 is 17.7 Å². The maximum absolute atomic E-state index is 12.8. The van der Waals surface area contributed by atoms with E-state index in [1.807, 2.05) is 19.1 Å². The molecule has 2 aromatic carbocycles. The first-order chi connectivity index (χ1) is 16.9. The Hall–Kier alpha value is -3.21. The fourth-order valence-corrected chi connectivity index (χ4v) is 4.11. The zero-order valence-corrected chi connectivity index (χ0v) is 21.0. The van der Waals surface area contributed by atoms with Crippen LogP contribution in [0.3, 0.4) is 0 Å². The summed E-state index contributed by atoms with van der Waals surface area (Å²) in [5, 5.41) is 13.6. The Kier molecular flexibility index (Phi) is 8.55. The summed E-state index contributed by atoms with van der Waals surface area (Å²) in [7, 11) is 0. The van der Waals surface area contributed by atoms with Gasteiger partial charge < -0.3 is 9.84 Å². The molecule has 3 rings (SSSR count). The molecule has 7 nitrogen and oxygen atoms in total. The number of ether oxygens (including phenoxy) is 1. The van der Waals surface area contributed by atoms with Gasteiger partial charge in [-0.1, -0.05) is 24.3 Å². The maximum atomic E-state index is 12.8. The topological polar surface area (TPSA) is 86.3 Å². The number of rotatable bonds is 11. The molecule has 11 heteroatoms. The molecule has 0 fully saturated rings. The summed E-state index contributed by atoms with van der Waals surface area (Å²) < 4.78 is 46.0. The first-order valence-electron chi connectivity index (χ1n) is 11.4. The number of nitrogens with zero attached hydrogens (tertiary/aromatic N) is 3. The smallest absolute Gasteiger partial charge is 0.446 e. The SMILES string of the molecule is CCn1c(CCCc2ccc(OC(C)(C)C(=O)O)cc2)nn(Cc2ccc(SC(F)(F)F)cc2)c1=O. The highest BCUT2D eigenvalue weighted by Gasteiger charge is 2.30. The number of carbonyl (C=O) groups is 1. The van der Waals surface area contributed by atoms with E-state index in [9.17, 15) is 27.9 Å². The molecule has 0 aliphatic heterocycles. The van der Waals surface area contributed by atoms with Gasteiger partial charge >= 0.3 is 17.2 Å². The van der Waals surface area contributed by atoms with Crippen LogP contribution in [0.15, 0.2) is 58.2 Å². The number of aryl methyl sites for hydroxylation is 2. The lowest BCUT2D eigenvalue weighted by Crippen LogP contribution is -2.37. The van der Waals surface area contributed by atoms with Crippen LogP contribution in [0.4, 0.5) is 13.2 Å². The number of carboxylic acid groups (broad SMARTS) is 1. The number of alkyl halides is 3. The van der Waals surface area contributed by atoms with Gasteiger partial charge in [-0.3, -0.25) is 4.57 Å². The summed E-state index contributed by atoms with van der Waals surface area (Å²) in [6, 6.07) is 13.1. The fraction of sp³-hybridized carbons (Fsp3) is 0.400. The quantitative estimate of drug-likeness (QED) is 0.350. The lowest BCUT2D eigenvalue weighted by Gasteiger charge is -2.21. The maximum Gasteiger partial charge on any atom is 0.446 e. The third kappa shape index (κ3) is 7.39. The molecule has 0 unspecified atom stereocenters. The number of halogens is 3. The Morgan fingerprint density at radius 1 is 1.03 bits per heavy atom. The second kappa shape index (κ2) is 11.2. The van der Waals surface area contributed by atoms with Crippen molar-refractivity contribution in [1.82, 2.24) is 14.3 Å². The Balaban J connectivity index is 1.61. The average Bonchev–Trinajstić information content (AvgIpc) is 3.09. The molecule has 36 heavy (non-hydrogen) atoms. The predicted octanol–water partition coefficient (Wildman–Crippen LogP) is 5.14. The minimum absolute atomic E-state index is 0.0866. The van der Waals surface area contributed by atoms with Gasteiger partial charge in [0.05, 0.1) is 6.54 Å². The molecular weight excluding hydrogens is 495 g/mol. The highest BCUT2D eigenvalue weighted by Crippen LogP contribution is 2.36. The van der Waals surface area contributed by atoms with Crippen molar-refractivity contribution in [1.29, 1.82) is 0 Å². The molecule has 0 saturated carbocycles. The molecule has 3 aromatic rings. The van der Waals surface area contributed by atoms with Crippen LogP contribution in [-0.4, -0.2) is 36.5 Å². The van der Waals surface area contributed by atoms with Crippen molar-refractivity contribution in [2.24, 2.45) is 0 Å². The summed E-state index contributed by atoms with van der Waals surface area (Å²) in [4.78, 5) is 24.1. The van der Waals surface area contributed by atoms with Crippen molar-refractivity contribution in [2.75, 3.05) is 0 Å². The van der Waals surface area contributed by atoms with E-state index in [4.69, 9.17) is 4.74 Å². The monoisotopic (exact) mass is 523 g/mol. The van der Waals surface area contributed by atoms with Gasteiger partial charge in [-0.15, -0.1) is 0 Å². The molecule has 1 heterocycles. The van der Waals surface area contributed by atoms with Crippen LogP contribution in [0.2, 0.25) is 0 Å². The van der Waals surface area contributed by atoms with E-state index in [-0.39, 0.29) is 28.9 Å². The van der Waals surface area contributed by atoms with Crippen LogP contribution >= 0.6 is 11.8 Å². The van der Waals surface area contributed by atoms with Gasteiger partial charge in [-0.2, -0.15) is 18.3 Å². The van der Waals surface area contributed by atoms with Gasteiger partial charge in [-0.25, -0.2) is 14.3 Å². The fourth-order valence-electron chi connectivity index (χ4n) is 3.57. The second-order valence-electron chi connectivity index (χ2n) is 8.71. The molecule has 0 atom stereocenters. The van der Waals surface area contributed by atoms with Crippen molar-refractivity contribution < 1.29 is 27.8 Å². The van der Waals surface area contributed by atoms with Crippen LogP contribution in [0.25, 0.3) is 0 Å². The van der Waals surface area contributed by atoms with Crippen LogP contribution in [0.5, 0.6) is 5.75 Å². The van der Waals surface area contributed by atoms with Crippen LogP contribution < -0.4 is 10.4 Å². The normalized spacial score (nSPS) is 12.1. The lowest BCUT2D eigenvalue weighted by atomic mass is 10.1. The van der Waals surface area contributed by atoms with Crippen molar-refractivity contribution in [3.63, 3.8) is 0 Å². The number of aromatic nitrogens is 3. The highest BCUT2D eigenvalue weighted by molar-refractivity contribution is 8.00. The molecule has 0 aliphatic carbocycles. The number of hydrogen-bond acceptors (Lipinski definition) is 5. The van der Waals surface area contributed by atoms with Crippen molar-refractivity contribution in [3.05, 3.63) is 76.0 Å². The summed E-state index contributed by atoms with van der Waals surface area (Å²) in [5.74, 6) is 0.0649. The molecule has 1 aromatic heterocycles. The highest BCUT2D eigenvalue weighted by atomic mass is 32.2. The molecular formula is C25H28F3N3O4S. The summed E-state index contributed by atoms with van der Waals surface area (Å²) in [6.07, 6.45) is 2.04. The summed E-state index contributed by atoms with van der Waals surface area (Å²) in [6.45, 7) is 5.46. The van der Waals surface area contributed by atoms with Crippen molar-refractivity contribution in [2.45, 2.75) is 69.1 Å². The van der Waals surface area contributed by atoms with Crippen LogP contribution in [0, 0.1) is 0 Å². The van der Waals surface area contributed by atoms with E-state index in [1.165, 1.54) is 30.7 Å². The molecule has 1 N–H and O–H groups in total. The van der Waals surface area contributed by atoms with Gasteiger partial charge in [-0.05, 0) is 80.8 Å². The molecule has 0 aliphatic rings. The van der Waals surface area contributed by atoms with E-state index >= 15 is 0 Å². The molecule has 0 bridgehead atoms. The number of thioether (sulfide) groups is 1. The molecule has 0 spiro atoms. The number of benzene rings is 2. The van der Waals surface area contributed by atoms with E-state index < -0.39 is 17.1 Å². The minimum Gasteiger partial charge on any atom is -0.478 e. The Morgan fingerprint density at radius 3 is 2.19 bits per heavy atom. The molecule has 0 amide bonds. The van der Waals surface area contributed by atoms with Crippen LogP contribution in [0.1, 0.15) is 44.1 Å². The zero-order chi connectivity index (χ0) is 26.5. The number of hydrogen-bond donors (Lipinski definition) is 1. The molecule has 0 saturated heterocycles. The zero-order valence-electron chi connectivity index (χ0n) is 20.2.